The Balaban J connectivity index is 1.80. The Hall–Kier alpha value is -4.46. The van der Waals surface area contributed by atoms with Gasteiger partial charge in [-0.05, 0) is 67.4 Å². The third-order valence-electron chi connectivity index (χ3n) is 5.95. The van der Waals surface area contributed by atoms with E-state index in [0.29, 0.717) is 34.9 Å². The van der Waals surface area contributed by atoms with Gasteiger partial charge in [-0.25, -0.2) is 0 Å². The predicted octanol–water partition coefficient (Wildman–Crippen LogP) is 4.13. The molecule has 8 nitrogen and oxygen atoms in total. The van der Waals surface area contributed by atoms with Crippen LogP contribution in [0.2, 0.25) is 0 Å². The van der Waals surface area contributed by atoms with Crippen LogP contribution in [0.3, 0.4) is 0 Å². The van der Waals surface area contributed by atoms with Gasteiger partial charge in [-0.15, -0.1) is 0 Å². The number of Topliss-reactive ketones (excluding diaryl/α,β-unsaturated/α-hetero) is 1. The number of benzene rings is 2. The molecule has 0 bridgehead atoms. The standard InChI is InChI=1S/C28H26N2O6/c1-4-36-23(31)16-18-8-11-20(12-9-18)30-25(21-7-5-6-14-29-21)24(27(33)28(30)34)26(32)19-10-13-22(35-3)17(2)15-19/h5-15,25,32H,4,16H2,1-3H3/b26-24-. The summed E-state index contributed by atoms with van der Waals surface area (Å²) >= 11 is 0. The number of esters is 1. The molecule has 0 radical (unpaired) electrons. The molecule has 3 aromatic rings. The molecule has 1 fully saturated rings. The second-order valence-electron chi connectivity index (χ2n) is 8.26. The van der Waals surface area contributed by atoms with Gasteiger partial charge in [0.2, 0.25) is 0 Å². The van der Waals surface area contributed by atoms with E-state index in [9.17, 15) is 19.5 Å². The van der Waals surface area contributed by atoms with Gasteiger partial charge in [-0.3, -0.25) is 24.3 Å². The summed E-state index contributed by atoms with van der Waals surface area (Å²) in [6.07, 6.45) is 1.66. The fourth-order valence-corrected chi connectivity index (χ4v) is 4.25. The summed E-state index contributed by atoms with van der Waals surface area (Å²) in [5, 5.41) is 11.2. The number of ketones is 1. The Kier molecular flexibility index (Phi) is 7.15. The number of rotatable bonds is 7. The van der Waals surface area contributed by atoms with E-state index in [4.69, 9.17) is 9.47 Å². The number of aryl methyl sites for hydroxylation is 1. The molecule has 1 aliphatic rings. The quantitative estimate of drug-likeness (QED) is 0.232. The molecule has 0 saturated carbocycles. The first kappa shape index (κ1) is 24.7. The van der Waals surface area contributed by atoms with Crippen LogP contribution in [0.25, 0.3) is 5.76 Å². The van der Waals surface area contributed by atoms with E-state index in [0.717, 1.165) is 5.56 Å². The maximum atomic E-state index is 13.3. The molecule has 1 aromatic heterocycles. The Morgan fingerprint density at radius 2 is 1.83 bits per heavy atom. The smallest absolute Gasteiger partial charge is 0.310 e. The van der Waals surface area contributed by atoms with Crippen molar-refractivity contribution in [2.75, 3.05) is 18.6 Å². The van der Waals surface area contributed by atoms with Crippen LogP contribution in [0.1, 0.15) is 35.3 Å². The summed E-state index contributed by atoms with van der Waals surface area (Å²) < 4.78 is 10.3. The van der Waals surface area contributed by atoms with E-state index in [2.05, 4.69) is 4.98 Å². The molecule has 1 unspecified atom stereocenters. The summed E-state index contributed by atoms with van der Waals surface area (Å²) in [6.45, 7) is 3.85. The number of pyridine rings is 1. The van der Waals surface area contributed by atoms with Crippen LogP contribution in [-0.4, -0.2) is 41.5 Å². The molecule has 4 rings (SSSR count). The largest absolute Gasteiger partial charge is 0.507 e. The highest BCUT2D eigenvalue weighted by Crippen LogP contribution is 2.41. The van der Waals surface area contributed by atoms with Gasteiger partial charge in [0.05, 0.1) is 31.4 Å². The number of aliphatic hydroxyl groups excluding tert-OH is 1. The van der Waals surface area contributed by atoms with Crippen molar-refractivity contribution in [3.05, 3.63) is 94.8 Å². The molecule has 8 heteroatoms. The number of hydrogen-bond acceptors (Lipinski definition) is 7. The van der Waals surface area contributed by atoms with Crippen molar-refractivity contribution in [1.82, 2.24) is 4.98 Å². The number of carbonyl (C=O) groups is 3. The summed E-state index contributed by atoms with van der Waals surface area (Å²) in [5.74, 6) is -1.61. The second-order valence-corrected chi connectivity index (χ2v) is 8.26. The molecule has 1 atom stereocenters. The molecule has 1 saturated heterocycles. The number of carbonyl (C=O) groups excluding carboxylic acids is 3. The van der Waals surface area contributed by atoms with Crippen molar-refractivity contribution in [2.45, 2.75) is 26.3 Å². The summed E-state index contributed by atoms with van der Waals surface area (Å²) in [5.41, 5.74) is 2.67. The van der Waals surface area contributed by atoms with Crippen LogP contribution in [0, 0.1) is 6.92 Å². The molecular weight excluding hydrogens is 460 g/mol. The first-order chi connectivity index (χ1) is 17.3. The third kappa shape index (κ3) is 4.70. The number of ether oxygens (including phenoxy) is 2. The van der Waals surface area contributed by atoms with Gasteiger partial charge in [0.1, 0.15) is 17.6 Å². The minimum absolute atomic E-state index is 0.0566. The molecule has 2 aromatic carbocycles. The lowest BCUT2D eigenvalue weighted by Crippen LogP contribution is -2.29. The second kappa shape index (κ2) is 10.4. The van der Waals surface area contributed by atoms with Crippen LogP contribution in [0.15, 0.2) is 72.4 Å². The average Bonchev–Trinajstić information content (AvgIpc) is 3.15. The maximum absolute atomic E-state index is 13.3. The topological polar surface area (TPSA) is 106 Å². The lowest BCUT2D eigenvalue weighted by molar-refractivity contribution is -0.142. The van der Waals surface area contributed by atoms with E-state index < -0.39 is 17.7 Å². The number of anilines is 1. The van der Waals surface area contributed by atoms with Crippen LogP contribution in [-0.2, 0) is 25.5 Å². The summed E-state index contributed by atoms with van der Waals surface area (Å²) in [7, 11) is 1.55. The highest BCUT2D eigenvalue weighted by molar-refractivity contribution is 6.51. The zero-order chi connectivity index (χ0) is 25.8. The molecule has 1 amide bonds. The van der Waals surface area contributed by atoms with Crippen molar-refractivity contribution >= 4 is 29.1 Å². The number of amides is 1. The number of nitrogens with zero attached hydrogens (tertiary/aromatic N) is 2. The van der Waals surface area contributed by atoms with Crippen LogP contribution in [0.5, 0.6) is 5.75 Å². The molecule has 2 heterocycles. The lowest BCUT2D eigenvalue weighted by Gasteiger charge is -2.24. The van der Waals surface area contributed by atoms with E-state index in [-0.39, 0.29) is 23.7 Å². The van der Waals surface area contributed by atoms with E-state index in [1.807, 2.05) is 6.92 Å². The normalized spacial score (nSPS) is 16.8. The first-order valence-electron chi connectivity index (χ1n) is 11.5. The van der Waals surface area contributed by atoms with Gasteiger partial charge in [0, 0.05) is 17.4 Å². The molecule has 1 aliphatic heterocycles. The highest BCUT2D eigenvalue weighted by Gasteiger charge is 2.47. The van der Waals surface area contributed by atoms with Gasteiger partial charge >= 0.3 is 5.97 Å². The van der Waals surface area contributed by atoms with Gasteiger partial charge in [0.25, 0.3) is 11.7 Å². The van der Waals surface area contributed by atoms with Crippen LogP contribution >= 0.6 is 0 Å². The first-order valence-corrected chi connectivity index (χ1v) is 11.5. The number of aromatic nitrogens is 1. The monoisotopic (exact) mass is 486 g/mol. The van der Waals surface area contributed by atoms with Gasteiger partial charge in [-0.1, -0.05) is 18.2 Å². The molecule has 36 heavy (non-hydrogen) atoms. The molecule has 0 spiro atoms. The van der Waals surface area contributed by atoms with Crippen molar-refractivity contribution in [3.8, 4) is 5.75 Å². The number of hydrogen-bond donors (Lipinski definition) is 1. The van der Waals surface area contributed by atoms with Crippen LogP contribution in [0.4, 0.5) is 5.69 Å². The van der Waals surface area contributed by atoms with Crippen LogP contribution < -0.4 is 9.64 Å². The Bertz CT molecular complexity index is 1330. The van der Waals surface area contributed by atoms with E-state index in [1.54, 1.807) is 80.9 Å². The van der Waals surface area contributed by atoms with Gasteiger partial charge in [-0.2, -0.15) is 0 Å². The minimum atomic E-state index is -0.940. The number of aliphatic hydroxyl groups is 1. The van der Waals surface area contributed by atoms with Crippen molar-refractivity contribution in [1.29, 1.82) is 0 Å². The van der Waals surface area contributed by atoms with Crippen molar-refractivity contribution < 1.29 is 29.0 Å². The predicted molar refractivity (Wildman–Crippen MR) is 134 cm³/mol. The molecule has 1 N–H and O–H groups in total. The SMILES string of the molecule is CCOC(=O)Cc1ccc(N2C(=O)C(=O)/C(=C(\O)c3ccc(OC)c(C)c3)C2c2ccccn2)cc1. The molecule has 0 aliphatic carbocycles. The third-order valence-corrected chi connectivity index (χ3v) is 5.95. The number of methoxy groups -OCH3 is 1. The minimum Gasteiger partial charge on any atom is -0.507 e. The van der Waals surface area contributed by atoms with Gasteiger partial charge in [0.15, 0.2) is 0 Å². The Labute approximate surface area is 208 Å². The van der Waals surface area contributed by atoms with Gasteiger partial charge < -0.3 is 14.6 Å². The highest BCUT2D eigenvalue weighted by atomic mass is 16.5. The summed E-state index contributed by atoms with van der Waals surface area (Å²) in [6, 6.07) is 16.0. The lowest BCUT2D eigenvalue weighted by atomic mass is 9.97. The van der Waals surface area contributed by atoms with E-state index >= 15 is 0 Å². The molecular formula is C28H26N2O6. The maximum Gasteiger partial charge on any atom is 0.310 e. The zero-order valence-corrected chi connectivity index (χ0v) is 20.2. The fourth-order valence-electron chi connectivity index (χ4n) is 4.25. The summed E-state index contributed by atoms with van der Waals surface area (Å²) in [4.78, 5) is 44.0. The fraction of sp³-hybridized carbons (Fsp3) is 0.214. The van der Waals surface area contributed by atoms with E-state index in [1.165, 1.54) is 4.90 Å². The van der Waals surface area contributed by atoms with Crippen molar-refractivity contribution in [3.63, 3.8) is 0 Å². The zero-order valence-electron chi connectivity index (χ0n) is 20.2. The Morgan fingerprint density at radius 3 is 2.44 bits per heavy atom. The average molecular weight is 487 g/mol. The molecule has 184 valence electrons. The Morgan fingerprint density at radius 1 is 1.08 bits per heavy atom. The van der Waals surface area contributed by atoms with Crippen molar-refractivity contribution in [2.24, 2.45) is 0 Å².